The molecule has 11 heavy (non-hydrogen) atoms. The first-order valence-electron chi connectivity index (χ1n) is 3.05. The second kappa shape index (κ2) is 5.68. The molecule has 0 aliphatic heterocycles. The van der Waals surface area contributed by atoms with Crippen molar-refractivity contribution in [3.05, 3.63) is 25.3 Å². The normalized spacial score (nSPS) is 9.00. The predicted molar refractivity (Wildman–Crippen MR) is 44.3 cm³/mol. The number of aliphatic hydroxyl groups is 1. The van der Waals surface area contributed by atoms with Crippen LogP contribution in [0.2, 0.25) is 0 Å². The molecule has 0 amide bonds. The van der Waals surface area contributed by atoms with Crippen LogP contribution >= 0.6 is 0 Å². The van der Waals surface area contributed by atoms with Gasteiger partial charge >= 0.3 is 5.97 Å². The second-order valence-corrected chi connectivity index (χ2v) is 2.40. The van der Waals surface area contributed by atoms with Crippen LogP contribution in [0.1, 0.15) is 13.8 Å². The maximum Gasteiger partial charge on any atom is 0.327 e. The summed E-state index contributed by atoms with van der Waals surface area (Å²) in [6.45, 7) is 9.70. The zero-order chi connectivity index (χ0) is 9.49. The third-order valence-electron chi connectivity index (χ3n) is 0.674. The molecule has 0 heterocycles. The highest BCUT2D eigenvalue weighted by molar-refractivity contribution is 5.78. The highest BCUT2D eigenvalue weighted by Crippen LogP contribution is 1.98. The molecule has 0 atom stereocenters. The van der Waals surface area contributed by atoms with E-state index < -0.39 is 11.6 Å². The summed E-state index contributed by atoms with van der Waals surface area (Å²) in [5.74, 6) is -0.981. The van der Waals surface area contributed by atoms with Gasteiger partial charge in [0.05, 0.1) is 5.60 Å². The summed E-state index contributed by atoms with van der Waals surface area (Å²) in [6.07, 6.45) is 2.33. The van der Waals surface area contributed by atoms with E-state index in [1.54, 1.807) is 13.8 Å². The van der Waals surface area contributed by atoms with Crippen LogP contribution in [0.5, 0.6) is 0 Å². The van der Waals surface area contributed by atoms with E-state index in [-0.39, 0.29) is 0 Å². The van der Waals surface area contributed by atoms with Crippen molar-refractivity contribution in [2.24, 2.45) is 0 Å². The van der Waals surface area contributed by atoms with Crippen molar-refractivity contribution in [3.63, 3.8) is 0 Å². The fourth-order valence-electron chi connectivity index (χ4n) is 0. The fourth-order valence-corrected chi connectivity index (χ4v) is 0. The lowest BCUT2D eigenvalue weighted by Gasteiger charge is -2.07. The minimum Gasteiger partial charge on any atom is -0.478 e. The van der Waals surface area contributed by atoms with E-state index in [9.17, 15) is 4.79 Å². The molecule has 0 aliphatic rings. The number of hydrogen-bond donors (Lipinski definition) is 2. The second-order valence-electron chi connectivity index (χ2n) is 2.40. The standard InChI is InChI=1S/C5H10O.C3H4O2/c1-4-5(2,3)6;1-2-3(4)5/h4,6H,1H2,2-3H3;2H,1H2,(H,4,5). The minimum atomic E-state index is -0.981. The van der Waals surface area contributed by atoms with Crippen molar-refractivity contribution < 1.29 is 15.0 Å². The van der Waals surface area contributed by atoms with Crippen molar-refractivity contribution in [1.29, 1.82) is 0 Å². The Balaban J connectivity index is 0. The van der Waals surface area contributed by atoms with Gasteiger partial charge in [0, 0.05) is 6.08 Å². The molecule has 0 aromatic heterocycles. The molecular formula is C8H14O3. The molecule has 0 spiro atoms. The molecule has 0 aromatic carbocycles. The lowest BCUT2D eigenvalue weighted by molar-refractivity contribution is -0.131. The molecule has 0 saturated carbocycles. The van der Waals surface area contributed by atoms with Gasteiger partial charge in [0.25, 0.3) is 0 Å². The van der Waals surface area contributed by atoms with E-state index in [4.69, 9.17) is 10.2 Å². The summed E-state index contributed by atoms with van der Waals surface area (Å²) in [4.78, 5) is 9.25. The van der Waals surface area contributed by atoms with Gasteiger partial charge in [-0.3, -0.25) is 0 Å². The summed E-state index contributed by atoms with van der Waals surface area (Å²) in [6, 6.07) is 0. The van der Waals surface area contributed by atoms with Crippen LogP contribution in [0.15, 0.2) is 25.3 Å². The Hall–Kier alpha value is -1.09. The van der Waals surface area contributed by atoms with Gasteiger partial charge in [-0.15, -0.1) is 6.58 Å². The van der Waals surface area contributed by atoms with Crippen LogP contribution in [-0.4, -0.2) is 21.8 Å². The van der Waals surface area contributed by atoms with Crippen LogP contribution in [0.3, 0.4) is 0 Å². The molecule has 0 saturated heterocycles. The molecule has 0 rings (SSSR count). The zero-order valence-corrected chi connectivity index (χ0v) is 6.87. The quantitative estimate of drug-likeness (QED) is 0.469. The lowest BCUT2D eigenvalue weighted by Crippen LogP contribution is -2.12. The Morgan fingerprint density at radius 1 is 1.45 bits per heavy atom. The van der Waals surface area contributed by atoms with Crippen molar-refractivity contribution in [3.8, 4) is 0 Å². The molecule has 0 aromatic rings. The van der Waals surface area contributed by atoms with E-state index >= 15 is 0 Å². The van der Waals surface area contributed by atoms with E-state index in [0.717, 1.165) is 6.08 Å². The molecular weight excluding hydrogens is 144 g/mol. The van der Waals surface area contributed by atoms with Crippen molar-refractivity contribution in [2.75, 3.05) is 0 Å². The third kappa shape index (κ3) is 27.8. The largest absolute Gasteiger partial charge is 0.478 e. The molecule has 3 heteroatoms. The van der Waals surface area contributed by atoms with Gasteiger partial charge in [-0.05, 0) is 13.8 Å². The average Bonchev–Trinajstić information content (AvgIpc) is 1.88. The van der Waals surface area contributed by atoms with Crippen molar-refractivity contribution in [1.82, 2.24) is 0 Å². The fraction of sp³-hybridized carbons (Fsp3) is 0.375. The Morgan fingerprint density at radius 2 is 1.64 bits per heavy atom. The molecule has 0 radical (unpaired) electrons. The Labute approximate surface area is 66.7 Å². The van der Waals surface area contributed by atoms with Crippen LogP contribution in [0.25, 0.3) is 0 Å². The SMILES string of the molecule is C=CC(=O)O.C=CC(C)(C)O. The van der Waals surface area contributed by atoms with Gasteiger partial charge in [0.2, 0.25) is 0 Å². The maximum absolute atomic E-state index is 9.25. The highest BCUT2D eigenvalue weighted by Gasteiger charge is 2.02. The topological polar surface area (TPSA) is 57.5 Å². The highest BCUT2D eigenvalue weighted by atomic mass is 16.4. The van der Waals surface area contributed by atoms with E-state index in [2.05, 4.69) is 13.2 Å². The third-order valence-corrected chi connectivity index (χ3v) is 0.674. The Bertz CT molecular complexity index is 142. The number of hydrogen-bond acceptors (Lipinski definition) is 2. The first-order valence-corrected chi connectivity index (χ1v) is 3.05. The summed E-state index contributed by atoms with van der Waals surface area (Å²) in [5, 5.41) is 16.3. The van der Waals surface area contributed by atoms with Crippen LogP contribution < -0.4 is 0 Å². The van der Waals surface area contributed by atoms with Gasteiger partial charge in [0.15, 0.2) is 0 Å². The van der Waals surface area contributed by atoms with Gasteiger partial charge in [0.1, 0.15) is 0 Å². The first-order chi connectivity index (χ1) is 4.83. The number of carboxylic acid groups (broad SMARTS) is 1. The number of rotatable bonds is 2. The maximum atomic E-state index is 9.25. The summed E-state index contributed by atoms with van der Waals surface area (Å²) in [7, 11) is 0. The summed E-state index contributed by atoms with van der Waals surface area (Å²) >= 11 is 0. The van der Waals surface area contributed by atoms with E-state index in [1.807, 2.05) is 0 Å². The van der Waals surface area contributed by atoms with Gasteiger partial charge in [-0.1, -0.05) is 12.7 Å². The Kier molecular flexibility index (Phi) is 6.49. The average molecular weight is 158 g/mol. The van der Waals surface area contributed by atoms with E-state index in [1.165, 1.54) is 6.08 Å². The van der Waals surface area contributed by atoms with Gasteiger partial charge in [-0.2, -0.15) is 0 Å². The van der Waals surface area contributed by atoms with E-state index in [0.29, 0.717) is 0 Å². The molecule has 64 valence electrons. The van der Waals surface area contributed by atoms with Crippen LogP contribution in [0.4, 0.5) is 0 Å². The summed E-state index contributed by atoms with van der Waals surface area (Å²) < 4.78 is 0. The summed E-state index contributed by atoms with van der Waals surface area (Å²) in [5.41, 5.74) is -0.694. The molecule has 0 bridgehead atoms. The van der Waals surface area contributed by atoms with Gasteiger partial charge < -0.3 is 10.2 Å². The molecule has 2 N–H and O–H groups in total. The minimum absolute atomic E-state index is 0.694. The molecule has 0 fully saturated rings. The predicted octanol–water partition coefficient (Wildman–Crippen LogP) is 1.20. The van der Waals surface area contributed by atoms with Crippen LogP contribution in [0, 0.1) is 0 Å². The van der Waals surface area contributed by atoms with Crippen molar-refractivity contribution in [2.45, 2.75) is 19.4 Å². The monoisotopic (exact) mass is 158 g/mol. The molecule has 0 unspecified atom stereocenters. The first kappa shape index (κ1) is 12.6. The lowest BCUT2D eigenvalue weighted by atomic mass is 10.1. The smallest absolute Gasteiger partial charge is 0.327 e. The zero-order valence-electron chi connectivity index (χ0n) is 6.87. The molecule has 3 nitrogen and oxygen atoms in total. The number of aliphatic carboxylic acids is 1. The number of carboxylic acids is 1. The number of carbonyl (C=O) groups is 1. The van der Waals surface area contributed by atoms with Gasteiger partial charge in [-0.25, -0.2) is 4.79 Å². The van der Waals surface area contributed by atoms with Crippen LogP contribution in [-0.2, 0) is 4.79 Å². The Morgan fingerprint density at radius 3 is 1.64 bits per heavy atom. The molecule has 0 aliphatic carbocycles. The van der Waals surface area contributed by atoms with Crippen molar-refractivity contribution >= 4 is 5.97 Å².